The van der Waals surface area contributed by atoms with E-state index < -0.39 is 6.04 Å². The highest BCUT2D eigenvalue weighted by Gasteiger charge is 2.35. The summed E-state index contributed by atoms with van der Waals surface area (Å²) in [7, 11) is 0. The number of ether oxygens (including phenoxy) is 2. The van der Waals surface area contributed by atoms with Gasteiger partial charge in [0.05, 0.1) is 12.2 Å². The molecule has 2 heterocycles. The minimum absolute atomic E-state index is 0.348. The summed E-state index contributed by atoms with van der Waals surface area (Å²) in [5.41, 5.74) is 4.45. The number of carbonyl (C=O) groups excluding carboxylic acids is 1. The number of rotatable bonds is 11. The molecule has 1 aliphatic heterocycles. The molecule has 1 aliphatic rings. The lowest BCUT2D eigenvalue weighted by Gasteiger charge is -2.28. The van der Waals surface area contributed by atoms with Crippen LogP contribution in [0.25, 0.3) is 0 Å². The van der Waals surface area contributed by atoms with Crippen LogP contribution in [0.15, 0.2) is 65.0 Å². The van der Waals surface area contributed by atoms with Gasteiger partial charge in [0.1, 0.15) is 18.4 Å². The monoisotopic (exact) mass is 506 g/mol. The van der Waals surface area contributed by atoms with E-state index in [9.17, 15) is 4.79 Å². The summed E-state index contributed by atoms with van der Waals surface area (Å²) in [6, 6.07) is 15.7. The van der Waals surface area contributed by atoms with Crippen molar-refractivity contribution in [2.45, 2.75) is 64.8 Å². The highest BCUT2D eigenvalue weighted by molar-refractivity contribution is 7.99. The fraction of sp³-hybridized carbons (Fsp3) is 0.393. The van der Waals surface area contributed by atoms with Gasteiger partial charge in [0.25, 0.3) is 0 Å². The summed E-state index contributed by atoms with van der Waals surface area (Å²) in [6.45, 7) is 8.93. The molecule has 0 saturated carbocycles. The van der Waals surface area contributed by atoms with E-state index in [0.717, 1.165) is 47.6 Å². The van der Waals surface area contributed by atoms with Gasteiger partial charge < -0.3 is 14.8 Å². The number of aryl methyl sites for hydroxylation is 1. The van der Waals surface area contributed by atoms with Crippen LogP contribution < -0.4 is 10.1 Å². The van der Waals surface area contributed by atoms with Crippen molar-refractivity contribution < 1.29 is 14.3 Å². The molecule has 0 amide bonds. The van der Waals surface area contributed by atoms with E-state index >= 15 is 0 Å². The van der Waals surface area contributed by atoms with E-state index in [4.69, 9.17) is 19.6 Å². The van der Waals surface area contributed by atoms with E-state index in [1.165, 1.54) is 5.56 Å². The second-order valence-electron chi connectivity index (χ2n) is 8.91. The molecule has 1 unspecified atom stereocenters. The molecular weight excluding hydrogens is 472 g/mol. The summed E-state index contributed by atoms with van der Waals surface area (Å²) >= 11 is 1.63. The minimum Gasteiger partial charge on any atom is -0.489 e. The molecule has 1 aromatic heterocycles. The molecule has 0 fully saturated rings. The molecule has 0 spiro atoms. The number of anilines is 1. The maximum Gasteiger partial charge on any atom is 0.338 e. The van der Waals surface area contributed by atoms with Crippen LogP contribution in [0.2, 0.25) is 0 Å². The second-order valence-corrected chi connectivity index (χ2v) is 9.98. The van der Waals surface area contributed by atoms with Gasteiger partial charge in [0.15, 0.2) is 0 Å². The fourth-order valence-corrected chi connectivity index (χ4v) is 4.88. The van der Waals surface area contributed by atoms with Crippen LogP contribution in [0.1, 0.15) is 62.8 Å². The first kappa shape index (κ1) is 25.8. The summed E-state index contributed by atoms with van der Waals surface area (Å²) in [6.07, 6.45) is 2.97. The number of unbranched alkanes of at least 4 members (excludes halogenated alkanes) is 1. The van der Waals surface area contributed by atoms with Gasteiger partial charge in [-0.3, -0.25) is 0 Å². The molecule has 8 heteroatoms. The van der Waals surface area contributed by atoms with E-state index in [0.29, 0.717) is 29.9 Å². The average Bonchev–Trinajstić information content (AvgIpc) is 3.28. The fourth-order valence-electron chi connectivity index (χ4n) is 3.97. The van der Waals surface area contributed by atoms with Crippen molar-refractivity contribution in [2.24, 2.45) is 0 Å². The van der Waals surface area contributed by atoms with Crippen molar-refractivity contribution >= 4 is 23.7 Å². The quantitative estimate of drug-likeness (QED) is 0.186. The zero-order valence-electron chi connectivity index (χ0n) is 21.4. The lowest BCUT2D eigenvalue weighted by Crippen LogP contribution is -2.29. The van der Waals surface area contributed by atoms with Gasteiger partial charge in [-0.2, -0.15) is 4.98 Å². The first-order chi connectivity index (χ1) is 17.5. The van der Waals surface area contributed by atoms with Gasteiger partial charge in [-0.25, -0.2) is 9.48 Å². The molecule has 3 aromatic rings. The highest BCUT2D eigenvalue weighted by atomic mass is 32.2. The number of hydrogen-bond acceptors (Lipinski definition) is 7. The van der Waals surface area contributed by atoms with Crippen molar-refractivity contribution in [3.05, 3.63) is 76.5 Å². The van der Waals surface area contributed by atoms with Crippen LogP contribution in [0.4, 0.5) is 5.95 Å². The Kier molecular flexibility index (Phi) is 8.70. The Morgan fingerprint density at radius 2 is 1.92 bits per heavy atom. The van der Waals surface area contributed by atoms with Gasteiger partial charge in [-0.1, -0.05) is 74.0 Å². The van der Waals surface area contributed by atoms with Crippen molar-refractivity contribution in [1.29, 1.82) is 0 Å². The van der Waals surface area contributed by atoms with Crippen LogP contribution in [-0.4, -0.2) is 33.1 Å². The number of nitrogens with one attached hydrogen (secondary N) is 1. The Morgan fingerprint density at radius 3 is 2.67 bits per heavy atom. The molecule has 7 nitrogen and oxygen atoms in total. The second kappa shape index (κ2) is 12.1. The topological polar surface area (TPSA) is 78.3 Å². The number of benzene rings is 2. The predicted octanol–water partition coefficient (Wildman–Crippen LogP) is 6.30. The van der Waals surface area contributed by atoms with Gasteiger partial charge in [0, 0.05) is 11.4 Å². The van der Waals surface area contributed by atoms with Crippen molar-refractivity contribution in [1.82, 2.24) is 14.8 Å². The van der Waals surface area contributed by atoms with Gasteiger partial charge in [-0.15, -0.1) is 5.10 Å². The van der Waals surface area contributed by atoms with Crippen molar-refractivity contribution in [3.63, 3.8) is 0 Å². The molecule has 0 saturated heterocycles. The maximum absolute atomic E-state index is 13.2. The van der Waals surface area contributed by atoms with Crippen LogP contribution in [0, 0.1) is 6.92 Å². The van der Waals surface area contributed by atoms with E-state index in [1.807, 2.05) is 38.1 Å². The van der Waals surface area contributed by atoms with Gasteiger partial charge in [0.2, 0.25) is 11.1 Å². The normalized spacial score (nSPS) is 14.8. The average molecular weight is 507 g/mol. The molecule has 0 radical (unpaired) electrons. The van der Waals surface area contributed by atoms with Crippen LogP contribution in [0.5, 0.6) is 5.75 Å². The molecule has 190 valence electrons. The van der Waals surface area contributed by atoms with Crippen LogP contribution >= 0.6 is 11.8 Å². The van der Waals surface area contributed by atoms with E-state index in [2.05, 4.69) is 43.4 Å². The van der Waals surface area contributed by atoms with Crippen molar-refractivity contribution in [2.75, 3.05) is 17.7 Å². The van der Waals surface area contributed by atoms with Gasteiger partial charge in [-0.05, 0) is 49.9 Å². The summed E-state index contributed by atoms with van der Waals surface area (Å²) in [5, 5.41) is 8.74. The molecular formula is C28H34N4O3S. The first-order valence-electron chi connectivity index (χ1n) is 12.5. The third kappa shape index (κ3) is 6.10. The Morgan fingerprint density at radius 1 is 1.11 bits per heavy atom. The summed E-state index contributed by atoms with van der Waals surface area (Å²) in [5.74, 6) is 1.95. The predicted molar refractivity (Wildman–Crippen MR) is 143 cm³/mol. The molecule has 1 atom stereocenters. The molecule has 4 rings (SSSR count). The number of hydrogen-bond donors (Lipinski definition) is 1. The zero-order valence-corrected chi connectivity index (χ0v) is 22.2. The molecule has 0 bridgehead atoms. The molecule has 36 heavy (non-hydrogen) atoms. The molecule has 2 aromatic carbocycles. The third-order valence-corrected chi connectivity index (χ3v) is 6.84. The van der Waals surface area contributed by atoms with E-state index in [1.54, 1.807) is 16.4 Å². The largest absolute Gasteiger partial charge is 0.489 e. The van der Waals surface area contributed by atoms with Crippen LogP contribution in [0.3, 0.4) is 0 Å². The number of carbonyl (C=O) groups is 1. The lowest BCUT2D eigenvalue weighted by atomic mass is 9.95. The number of thioether (sulfide) groups is 1. The number of fused-ring (bicyclic) bond motifs is 1. The molecule has 0 aliphatic carbocycles. The SMILES string of the molecule is CCCCSc1nc2n(n1)C(c1cccc(OCc3ccc(C)cc3)c1)C(C(=O)OCCC)=C(C)N2. The smallest absolute Gasteiger partial charge is 0.338 e. The highest BCUT2D eigenvalue weighted by Crippen LogP contribution is 2.37. The van der Waals surface area contributed by atoms with Crippen molar-refractivity contribution in [3.8, 4) is 5.75 Å². The minimum atomic E-state index is -0.471. The summed E-state index contributed by atoms with van der Waals surface area (Å²) < 4.78 is 13.5. The Balaban J connectivity index is 1.65. The zero-order chi connectivity index (χ0) is 25.5. The maximum atomic E-state index is 13.2. The standard InChI is InChI=1S/C28H34N4O3S/c1-5-7-16-36-28-30-27-29-20(4)24(26(33)34-15-6-2)25(32(27)31-28)22-9-8-10-23(17-22)35-18-21-13-11-19(3)12-14-21/h8-14,17,25H,5-7,15-16,18H2,1-4H3,(H,29,30,31). The number of aromatic nitrogens is 3. The first-order valence-corrected chi connectivity index (χ1v) is 13.5. The van der Waals surface area contributed by atoms with Gasteiger partial charge >= 0.3 is 5.97 Å². The molecule has 1 N–H and O–H groups in total. The number of allylic oxidation sites excluding steroid dienone is 1. The lowest BCUT2D eigenvalue weighted by molar-refractivity contribution is -0.139. The Bertz CT molecular complexity index is 1220. The third-order valence-electron chi connectivity index (χ3n) is 5.92. The number of nitrogens with zero attached hydrogens (tertiary/aromatic N) is 3. The Hall–Kier alpha value is -3.26. The van der Waals surface area contributed by atoms with Crippen LogP contribution in [-0.2, 0) is 16.1 Å². The number of esters is 1. The summed E-state index contributed by atoms with van der Waals surface area (Å²) in [4.78, 5) is 17.9. The Labute approximate surface area is 217 Å². The van der Waals surface area contributed by atoms with E-state index in [-0.39, 0.29) is 5.97 Å².